The predicted molar refractivity (Wildman–Crippen MR) is 144 cm³/mol. The number of hydrogen-bond acceptors (Lipinski definition) is 6. The second-order valence-corrected chi connectivity index (χ2v) is 25.1. The van der Waals surface area contributed by atoms with Gasteiger partial charge in [0.05, 0.1) is 0 Å². The van der Waals surface area contributed by atoms with Crippen molar-refractivity contribution < 1.29 is 16.5 Å². The summed E-state index contributed by atoms with van der Waals surface area (Å²) in [5.41, 5.74) is 13.3. The van der Waals surface area contributed by atoms with Crippen LogP contribution in [0.4, 0.5) is 11.4 Å². The molecule has 1 atom stereocenters. The maximum Gasteiger partial charge on any atom is 0.350 e. The lowest BCUT2D eigenvalue weighted by Gasteiger charge is -2.42. The second kappa shape index (κ2) is 9.85. The largest absolute Gasteiger partial charge is 0.442 e. The highest BCUT2D eigenvalue weighted by Crippen LogP contribution is 2.25. The Morgan fingerprint density at radius 1 is 0.613 bits per heavy atom. The van der Waals surface area contributed by atoms with Crippen LogP contribution < -0.4 is 21.8 Å². The van der Waals surface area contributed by atoms with Crippen LogP contribution in [0.3, 0.4) is 0 Å². The van der Waals surface area contributed by atoms with E-state index in [1.54, 1.807) is 0 Å². The Hall–Kier alpha value is -1.04. The zero-order valence-corrected chi connectivity index (χ0v) is 25.5. The van der Waals surface area contributed by atoms with Gasteiger partial charge in [0.25, 0.3) is 0 Å². The van der Waals surface area contributed by atoms with Crippen molar-refractivity contribution in [1.29, 1.82) is 0 Å². The first-order valence-electron chi connectivity index (χ1n) is 10.6. The van der Waals surface area contributed by atoms with E-state index in [1.807, 2.05) is 36.4 Å². The molecule has 4 N–H and O–H groups in total. The van der Waals surface area contributed by atoms with Crippen LogP contribution >= 0.6 is 0 Å². The molecule has 0 amide bonds. The summed E-state index contributed by atoms with van der Waals surface area (Å²) >= 11 is 0. The van der Waals surface area contributed by atoms with Gasteiger partial charge in [0.2, 0.25) is 8.32 Å². The zero-order valence-electron chi connectivity index (χ0n) is 20.1. The summed E-state index contributed by atoms with van der Waals surface area (Å²) in [5.74, 6) is 0. The van der Waals surface area contributed by atoms with Crippen molar-refractivity contribution in [3.63, 3.8) is 0 Å². The average Bonchev–Trinajstić information content (AvgIpc) is 2.60. The van der Waals surface area contributed by atoms with Crippen molar-refractivity contribution in [2.75, 3.05) is 11.5 Å². The van der Waals surface area contributed by atoms with E-state index in [-0.39, 0.29) is 0 Å². The Balaban J connectivity index is 2.41. The summed E-state index contributed by atoms with van der Waals surface area (Å²) in [6.45, 7) is 17.0. The van der Waals surface area contributed by atoms with Gasteiger partial charge in [-0.3, -0.25) is 0 Å². The monoisotopic (exact) mass is 510 g/mol. The summed E-state index contributed by atoms with van der Waals surface area (Å²) in [6.07, 6.45) is 0. The molecule has 1 unspecified atom stereocenters. The number of hydrogen-bond donors (Lipinski definition) is 2. The van der Waals surface area contributed by atoms with Gasteiger partial charge >= 0.3 is 25.7 Å². The highest BCUT2D eigenvalue weighted by Gasteiger charge is 2.48. The van der Waals surface area contributed by atoms with Gasteiger partial charge in [0.1, 0.15) is 9.76 Å². The molecule has 2 aromatic carbocycles. The highest BCUT2D eigenvalue weighted by molar-refractivity contribution is 6.98. The molecule has 11 heteroatoms. The van der Waals surface area contributed by atoms with Crippen molar-refractivity contribution >= 4 is 65.5 Å². The SMILES string of the molecule is C[SiH2]O[Si](C)(C)O[Si](C)(C)O[Si](C)(O[Si](C)(C)c1ccc(N)cc1)c1ccc(N)cc1. The Kier molecular flexibility index (Phi) is 8.33. The molecule has 6 nitrogen and oxygen atoms in total. The fraction of sp³-hybridized carbons (Fsp3) is 0.400. The fourth-order valence-corrected chi connectivity index (χ4v) is 24.0. The zero-order chi connectivity index (χ0) is 23.5. The number of nitrogens with two attached hydrogens (primary N) is 2. The molecule has 0 bridgehead atoms. The Morgan fingerprint density at radius 3 is 1.52 bits per heavy atom. The van der Waals surface area contributed by atoms with Crippen LogP contribution in [-0.2, 0) is 16.5 Å². The van der Waals surface area contributed by atoms with Crippen molar-refractivity contribution in [3.8, 4) is 0 Å². The molecule has 2 rings (SSSR count). The minimum Gasteiger partial charge on any atom is -0.442 e. The summed E-state index contributed by atoms with van der Waals surface area (Å²) in [4.78, 5) is 0. The van der Waals surface area contributed by atoms with Crippen LogP contribution in [0.5, 0.6) is 0 Å². The van der Waals surface area contributed by atoms with E-state index in [0.717, 1.165) is 16.6 Å². The molecule has 0 aromatic heterocycles. The Labute approximate surface area is 194 Å². The van der Waals surface area contributed by atoms with Crippen molar-refractivity contribution in [2.45, 2.75) is 52.4 Å². The Bertz CT molecular complexity index is 863. The van der Waals surface area contributed by atoms with Crippen LogP contribution in [0.2, 0.25) is 52.4 Å². The number of benzene rings is 2. The molecule has 0 aliphatic heterocycles. The normalized spacial score (nSPS) is 15.4. The van der Waals surface area contributed by atoms with E-state index in [1.165, 1.54) is 5.19 Å². The van der Waals surface area contributed by atoms with Gasteiger partial charge in [-0.05, 0) is 80.5 Å². The third kappa shape index (κ3) is 7.51. The van der Waals surface area contributed by atoms with Gasteiger partial charge in [-0.1, -0.05) is 30.8 Å². The summed E-state index contributed by atoms with van der Waals surface area (Å²) in [5, 5.41) is 2.22. The molecule has 0 spiro atoms. The third-order valence-electron chi connectivity index (χ3n) is 4.91. The first-order chi connectivity index (χ1) is 14.2. The van der Waals surface area contributed by atoms with Crippen LogP contribution in [0.25, 0.3) is 0 Å². The van der Waals surface area contributed by atoms with Crippen LogP contribution in [-0.4, -0.2) is 43.8 Å². The molecule has 31 heavy (non-hydrogen) atoms. The van der Waals surface area contributed by atoms with Gasteiger partial charge in [-0.2, -0.15) is 0 Å². The molecule has 0 radical (unpaired) electrons. The molecule has 0 saturated carbocycles. The van der Waals surface area contributed by atoms with Gasteiger partial charge in [-0.25, -0.2) is 0 Å². The van der Waals surface area contributed by atoms with E-state index in [9.17, 15) is 0 Å². The fourth-order valence-electron chi connectivity index (χ4n) is 3.81. The molecular formula is C20H38N2O4Si5. The first kappa shape index (κ1) is 26.2. The number of nitrogen functional groups attached to an aromatic ring is 2. The Morgan fingerprint density at radius 2 is 1.06 bits per heavy atom. The van der Waals surface area contributed by atoms with E-state index < -0.39 is 43.8 Å². The minimum atomic E-state index is -2.85. The van der Waals surface area contributed by atoms with Crippen LogP contribution in [0.15, 0.2) is 48.5 Å². The molecule has 0 aliphatic carbocycles. The van der Waals surface area contributed by atoms with Crippen molar-refractivity contribution in [2.24, 2.45) is 0 Å². The quantitative estimate of drug-likeness (QED) is 0.377. The predicted octanol–water partition coefficient (Wildman–Crippen LogP) is 2.84. The summed E-state index contributed by atoms with van der Waals surface area (Å²) in [7, 11) is -10.5. The average molecular weight is 511 g/mol. The molecule has 0 saturated heterocycles. The molecule has 172 valence electrons. The van der Waals surface area contributed by atoms with E-state index in [2.05, 4.69) is 64.5 Å². The number of rotatable bonds is 10. The lowest BCUT2D eigenvalue weighted by atomic mass is 10.3. The van der Waals surface area contributed by atoms with Gasteiger partial charge in [0, 0.05) is 11.4 Å². The standard InChI is InChI=1S/C20H38N2O4Si5/c1-27-23-29(4,5)25-30(6,7)26-31(8,20-15-11-18(22)12-16-20)24-28(2,3)19-13-9-17(21)10-14-19/h9-16H,21-22,27H2,1-8H3. The maximum atomic E-state index is 7.00. The van der Waals surface area contributed by atoms with Crippen molar-refractivity contribution in [3.05, 3.63) is 48.5 Å². The van der Waals surface area contributed by atoms with Gasteiger partial charge in [-0.15, -0.1) is 0 Å². The van der Waals surface area contributed by atoms with Crippen molar-refractivity contribution in [1.82, 2.24) is 0 Å². The summed E-state index contributed by atoms with van der Waals surface area (Å²) < 4.78 is 26.5. The lowest BCUT2D eigenvalue weighted by Crippen LogP contribution is -2.65. The summed E-state index contributed by atoms with van der Waals surface area (Å²) in [6, 6.07) is 15.9. The maximum absolute atomic E-state index is 7.00. The highest BCUT2D eigenvalue weighted by atomic mass is 28.5. The van der Waals surface area contributed by atoms with E-state index >= 15 is 0 Å². The second-order valence-electron chi connectivity index (χ2n) is 9.24. The first-order valence-corrected chi connectivity index (χ1v) is 23.5. The van der Waals surface area contributed by atoms with E-state index in [4.69, 9.17) is 27.9 Å². The van der Waals surface area contributed by atoms with Gasteiger partial charge < -0.3 is 27.9 Å². The molecular weight excluding hydrogens is 473 g/mol. The molecule has 0 fully saturated rings. The van der Waals surface area contributed by atoms with Crippen LogP contribution in [0, 0.1) is 0 Å². The smallest absolute Gasteiger partial charge is 0.350 e. The van der Waals surface area contributed by atoms with Gasteiger partial charge in [0.15, 0.2) is 0 Å². The minimum absolute atomic E-state index is 0.556. The number of anilines is 2. The molecule has 0 aliphatic rings. The topological polar surface area (TPSA) is 89.0 Å². The van der Waals surface area contributed by atoms with Crippen LogP contribution in [0.1, 0.15) is 0 Å². The lowest BCUT2D eigenvalue weighted by molar-refractivity contribution is 0.308. The molecule has 0 heterocycles. The molecule has 2 aromatic rings. The third-order valence-corrected chi connectivity index (χ3v) is 23.0. The van der Waals surface area contributed by atoms with E-state index in [0.29, 0.717) is 0 Å².